The molecule has 0 spiro atoms. The minimum Gasteiger partial charge on any atom is -0.456 e. The van der Waals surface area contributed by atoms with Crippen molar-refractivity contribution in [2.24, 2.45) is 5.73 Å². The third kappa shape index (κ3) is 4.63. The number of para-hydroxylation sites is 1. The minimum atomic E-state index is -0.848. The molecular weight excluding hydrogens is 390 g/mol. The lowest BCUT2D eigenvalue weighted by atomic mass is 9.99. The second-order valence-corrected chi connectivity index (χ2v) is 6.82. The molecule has 0 saturated heterocycles. The summed E-state index contributed by atoms with van der Waals surface area (Å²) in [6.07, 6.45) is 0. The Hall–Kier alpha value is -3.74. The molecule has 0 heterocycles. The molecule has 2 amide bonds. The van der Waals surface area contributed by atoms with Crippen molar-refractivity contribution in [1.29, 1.82) is 0 Å². The average molecular weight is 410 g/mol. The summed E-state index contributed by atoms with van der Waals surface area (Å²) in [5.41, 5.74) is 6.46. The van der Waals surface area contributed by atoms with Crippen LogP contribution in [0.3, 0.4) is 0 Å². The molecule has 3 rings (SSSR count). The Kier molecular flexibility index (Phi) is 6.11. The number of hydrogen-bond donors (Lipinski definition) is 2. The highest BCUT2D eigenvalue weighted by atomic mass is 19.1. The molecule has 0 aliphatic heterocycles. The summed E-state index contributed by atoms with van der Waals surface area (Å²) in [5.74, 6) is -2.30. The number of nitrogens with one attached hydrogen (secondary N) is 1. The van der Waals surface area contributed by atoms with Gasteiger partial charge in [0.05, 0.1) is 11.5 Å². The third-order valence-corrected chi connectivity index (χ3v) is 4.64. The predicted octanol–water partition coefficient (Wildman–Crippen LogP) is 4.91. The summed E-state index contributed by atoms with van der Waals surface area (Å²) >= 11 is 0. The van der Waals surface area contributed by atoms with E-state index in [1.165, 1.54) is 37.3 Å². The van der Waals surface area contributed by atoms with Crippen LogP contribution in [0.1, 0.15) is 34.3 Å². The van der Waals surface area contributed by atoms with Crippen LogP contribution in [0.25, 0.3) is 0 Å². The summed E-state index contributed by atoms with van der Waals surface area (Å²) in [5, 5.41) is 2.67. The summed E-state index contributed by atoms with van der Waals surface area (Å²) in [4.78, 5) is 24.2. The molecular formula is C23H20F2N2O3. The highest BCUT2D eigenvalue weighted by molar-refractivity contribution is 6.06. The maximum Gasteiger partial charge on any atom is 0.259 e. The van der Waals surface area contributed by atoms with Gasteiger partial charge in [-0.1, -0.05) is 12.1 Å². The van der Waals surface area contributed by atoms with Gasteiger partial charge in [0, 0.05) is 11.3 Å². The molecule has 7 heteroatoms. The van der Waals surface area contributed by atoms with Crippen molar-refractivity contribution >= 4 is 17.5 Å². The summed E-state index contributed by atoms with van der Waals surface area (Å²) in [7, 11) is 0. The van der Waals surface area contributed by atoms with Gasteiger partial charge in [0.1, 0.15) is 23.1 Å². The average Bonchev–Trinajstić information content (AvgIpc) is 2.71. The van der Waals surface area contributed by atoms with E-state index in [-0.39, 0.29) is 22.7 Å². The van der Waals surface area contributed by atoms with Crippen LogP contribution in [0.4, 0.5) is 14.5 Å². The first-order valence-electron chi connectivity index (χ1n) is 9.19. The zero-order valence-corrected chi connectivity index (χ0v) is 16.4. The largest absolute Gasteiger partial charge is 0.456 e. The van der Waals surface area contributed by atoms with Crippen LogP contribution < -0.4 is 15.8 Å². The van der Waals surface area contributed by atoms with Crippen LogP contribution in [0.5, 0.6) is 11.5 Å². The molecule has 3 aromatic carbocycles. The second-order valence-electron chi connectivity index (χ2n) is 6.82. The smallest absolute Gasteiger partial charge is 0.259 e. The number of anilines is 1. The van der Waals surface area contributed by atoms with Crippen LogP contribution in [-0.2, 0) is 4.79 Å². The van der Waals surface area contributed by atoms with Crippen molar-refractivity contribution in [1.82, 2.24) is 0 Å². The first-order valence-corrected chi connectivity index (χ1v) is 9.19. The normalized spacial score (nSPS) is 11.6. The molecule has 0 saturated carbocycles. The fraction of sp³-hybridized carbons (Fsp3) is 0.130. The number of halogens is 2. The van der Waals surface area contributed by atoms with Gasteiger partial charge in [-0.15, -0.1) is 0 Å². The second kappa shape index (κ2) is 8.73. The number of ether oxygens (including phenoxy) is 1. The third-order valence-electron chi connectivity index (χ3n) is 4.64. The lowest BCUT2D eigenvalue weighted by Crippen LogP contribution is -2.20. The molecule has 0 aliphatic carbocycles. The molecule has 3 aromatic rings. The van der Waals surface area contributed by atoms with Crippen LogP contribution in [0, 0.1) is 18.6 Å². The number of rotatable bonds is 6. The molecule has 0 radical (unpaired) electrons. The van der Waals surface area contributed by atoms with Gasteiger partial charge in [-0.25, -0.2) is 8.78 Å². The quantitative estimate of drug-likeness (QED) is 0.606. The van der Waals surface area contributed by atoms with Gasteiger partial charge in [-0.2, -0.15) is 0 Å². The van der Waals surface area contributed by atoms with E-state index < -0.39 is 23.5 Å². The van der Waals surface area contributed by atoms with Gasteiger partial charge in [0.2, 0.25) is 5.91 Å². The van der Waals surface area contributed by atoms with Crippen molar-refractivity contribution in [3.8, 4) is 11.5 Å². The summed E-state index contributed by atoms with van der Waals surface area (Å²) < 4.78 is 33.2. The van der Waals surface area contributed by atoms with Gasteiger partial charge in [0.15, 0.2) is 0 Å². The fourth-order valence-corrected chi connectivity index (χ4v) is 2.89. The number of primary amides is 1. The molecule has 0 aromatic heterocycles. The Morgan fingerprint density at radius 3 is 2.43 bits per heavy atom. The Balaban J connectivity index is 1.86. The van der Waals surface area contributed by atoms with Crippen LogP contribution >= 0.6 is 0 Å². The van der Waals surface area contributed by atoms with Crippen LogP contribution in [0.2, 0.25) is 0 Å². The first kappa shape index (κ1) is 21.0. The highest BCUT2D eigenvalue weighted by Gasteiger charge is 2.19. The lowest BCUT2D eigenvalue weighted by molar-refractivity contribution is -0.119. The molecule has 30 heavy (non-hydrogen) atoms. The van der Waals surface area contributed by atoms with E-state index in [4.69, 9.17) is 10.5 Å². The lowest BCUT2D eigenvalue weighted by Gasteiger charge is -2.14. The van der Waals surface area contributed by atoms with Gasteiger partial charge in [-0.3, -0.25) is 9.59 Å². The SMILES string of the molecule is Cc1cc(F)ccc1Oc1ccccc1C(=O)Nc1ccc(F)c(C(C)C(N)=O)c1. The molecule has 5 nitrogen and oxygen atoms in total. The zero-order chi connectivity index (χ0) is 21.8. The van der Waals surface area contributed by atoms with E-state index in [9.17, 15) is 18.4 Å². The zero-order valence-electron chi connectivity index (χ0n) is 16.4. The van der Waals surface area contributed by atoms with E-state index in [1.54, 1.807) is 31.2 Å². The highest BCUT2D eigenvalue weighted by Crippen LogP contribution is 2.29. The standard InChI is InChI=1S/C23H20F2N2O3/c1-13-11-15(24)7-10-20(13)30-21-6-4-3-5-17(21)23(29)27-16-8-9-19(25)18(12-16)14(2)22(26)28/h3-12,14H,1-2H3,(H2,26,28)(H,27,29). The monoisotopic (exact) mass is 410 g/mol. The van der Waals surface area contributed by atoms with Crippen molar-refractivity contribution in [2.75, 3.05) is 5.32 Å². The Bertz CT molecular complexity index is 1120. The molecule has 0 fully saturated rings. The van der Waals surface area contributed by atoms with Crippen molar-refractivity contribution in [3.63, 3.8) is 0 Å². The number of carbonyl (C=O) groups is 2. The Morgan fingerprint density at radius 2 is 1.73 bits per heavy atom. The minimum absolute atomic E-state index is 0.0896. The predicted molar refractivity (Wildman–Crippen MR) is 110 cm³/mol. The van der Waals surface area contributed by atoms with Gasteiger partial charge < -0.3 is 15.8 Å². The number of amides is 2. The summed E-state index contributed by atoms with van der Waals surface area (Å²) in [6, 6.07) is 14.6. The number of nitrogens with two attached hydrogens (primary N) is 1. The van der Waals surface area contributed by atoms with Crippen LogP contribution in [-0.4, -0.2) is 11.8 Å². The van der Waals surface area contributed by atoms with Crippen molar-refractivity contribution < 1.29 is 23.1 Å². The fourth-order valence-electron chi connectivity index (χ4n) is 2.89. The number of benzene rings is 3. The topological polar surface area (TPSA) is 81.4 Å². The maximum absolute atomic E-state index is 14.0. The van der Waals surface area contributed by atoms with E-state index in [2.05, 4.69) is 5.32 Å². The maximum atomic E-state index is 14.0. The van der Waals surface area contributed by atoms with Crippen molar-refractivity contribution in [2.45, 2.75) is 19.8 Å². The van der Waals surface area contributed by atoms with E-state index >= 15 is 0 Å². The number of carbonyl (C=O) groups excluding carboxylic acids is 2. The van der Waals surface area contributed by atoms with Gasteiger partial charge in [-0.05, 0) is 67.9 Å². The van der Waals surface area contributed by atoms with E-state index in [0.29, 0.717) is 17.0 Å². The van der Waals surface area contributed by atoms with Gasteiger partial charge in [0.25, 0.3) is 5.91 Å². The molecule has 154 valence electrons. The molecule has 3 N–H and O–H groups in total. The molecule has 0 aliphatic rings. The van der Waals surface area contributed by atoms with Crippen molar-refractivity contribution in [3.05, 3.63) is 89.0 Å². The van der Waals surface area contributed by atoms with Gasteiger partial charge >= 0.3 is 0 Å². The number of hydrogen-bond acceptors (Lipinski definition) is 3. The molecule has 1 unspecified atom stereocenters. The van der Waals surface area contributed by atoms with Crippen LogP contribution in [0.15, 0.2) is 60.7 Å². The number of aryl methyl sites for hydroxylation is 1. The molecule has 0 bridgehead atoms. The summed E-state index contributed by atoms with van der Waals surface area (Å²) in [6.45, 7) is 3.18. The van der Waals surface area contributed by atoms with E-state index in [1.807, 2.05) is 0 Å². The Morgan fingerprint density at radius 1 is 1.00 bits per heavy atom. The van der Waals surface area contributed by atoms with E-state index in [0.717, 1.165) is 6.07 Å². The molecule has 1 atom stereocenters. The first-order chi connectivity index (χ1) is 14.3. The Labute approximate surface area is 172 Å².